The molecule has 0 bridgehead atoms. The third-order valence-corrected chi connectivity index (χ3v) is 5.46. The number of nitrogens with two attached hydrogens (primary N) is 1. The van der Waals surface area contributed by atoms with Crippen molar-refractivity contribution in [3.8, 4) is 0 Å². The van der Waals surface area contributed by atoms with Crippen LogP contribution in [-0.4, -0.2) is 29.6 Å². The van der Waals surface area contributed by atoms with E-state index in [2.05, 4.69) is 32.6 Å². The van der Waals surface area contributed by atoms with Crippen LogP contribution in [0.15, 0.2) is 0 Å². The lowest BCUT2D eigenvalue weighted by Crippen LogP contribution is -2.58. The average Bonchev–Trinajstić information content (AvgIpc) is 2.80. The van der Waals surface area contributed by atoms with Crippen LogP contribution in [0.3, 0.4) is 0 Å². The lowest BCUT2D eigenvalue weighted by molar-refractivity contribution is 0.0676. The van der Waals surface area contributed by atoms with E-state index in [0.717, 1.165) is 17.8 Å². The van der Waals surface area contributed by atoms with E-state index in [1.807, 2.05) is 0 Å². The van der Waals surface area contributed by atoms with Gasteiger partial charge in [-0.2, -0.15) is 0 Å². The molecule has 0 amide bonds. The zero-order valence-electron chi connectivity index (χ0n) is 12.8. The highest BCUT2D eigenvalue weighted by Crippen LogP contribution is 2.38. The minimum absolute atomic E-state index is 0.179. The molecule has 2 N–H and O–H groups in total. The van der Waals surface area contributed by atoms with Crippen molar-refractivity contribution in [1.82, 2.24) is 4.90 Å². The molecule has 3 unspecified atom stereocenters. The standard InChI is InChI=1S/C16H32N2/c1-12-9-13(2)11-14(10-12)15(17)16(3,4)18-7-5-6-8-18/h12-15H,5-11,17H2,1-4H3. The van der Waals surface area contributed by atoms with E-state index in [9.17, 15) is 0 Å². The molecular formula is C16H32N2. The molecule has 1 heterocycles. The van der Waals surface area contributed by atoms with Crippen LogP contribution in [0.5, 0.6) is 0 Å². The maximum absolute atomic E-state index is 6.69. The van der Waals surface area contributed by atoms with Crippen molar-refractivity contribution in [2.75, 3.05) is 13.1 Å². The zero-order valence-corrected chi connectivity index (χ0v) is 12.8. The van der Waals surface area contributed by atoms with Crippen LogP contribution in [0.4, 0.5) is 0 Å². The quantitative estimate of drug-likeness (QED) is 0.835. The number of nitrogens with zero attached hydrogens (tertiary/aromatic N) is 1. The number of rotatable bonds is 3. The molecule has 18 heavy (non-hydrogen) atoms. The first kappa shape index (κ1) is 14.3. The highest BCUT2D eigenvalue weighted by molar-refractivity contribution is 4.98. The van der Waals surface area contributed by atoms with E-state index >= 15 is 0 Å². The normalized spacial score (nSPS) is 36.8. The zero-order chi connectivity index (χ0) is 13.3. The van der Waals surface area contributed by atoms with Gasteiger partial charge in [-0.05, 0) is 76.8 Å². The van der Waals surface area contributed by atoms with Gasteiger partial charge in [-0.1, -0.05) is 13.8 Å². The Hall–Kier alpha value is -0.0800. The van der Waals surface area contributed by atoms with Gasteiger partial charge >= 0.3 is 0 Å². The van der Waals surface area contributed by atoms with Gasteiger partial charge in [-0.15, -0.1) is 0 Å². The van der Waals surface area contributed by atoms with Gasteiger partial charge in [0.15, 0.2) is 0 Å². The molecule has 0 radical (unpaired) electrons. The second kappa shape index (κ2) is 5.50. The molecule has 1 saturated carbocycles. The SMILES string of the molecule is CC1CC(C)CC(C(N)C(C)(C)N2CCCC2)C1. The molecule has 2 heteroatoms. The summed E-state index contributed by atoms with van der Waals surface area (Å²) in [6, 6.07) is 0.334. The molecule has 0 aromatic rings. The van der Waals surface area contributed by atoms with Crippen LogP contribution in [-0.2, 0) is 0 Å². The van der Waals surface area contributed by atoms with Gasteiger partial charge in [0.05, 0.1) is 0 Å². The van der Waals surface area contributed by atoms with Crippen LogP contribution in [0, 0.1) is 17.8 Å². The van der Waals surface area contributed by atoms with Crippen molar-refractivity contribution in [2.45, 2.75) is 71.4 Å². The lowest BCUT2D eigenvalue weighted by Gasteiger charge is -2.46. The van der Waals surface area contributed by atoms with Gasteiger partial charge in [0.2, 0.25) is 0 Å². The Bertz CT molecular complexity index is 258. The molecule has 2 rings (SSSR count). The van der Waals surface area contributed by atoms with Crippen molar-refractivity contribution < 1.29 is 0 Å². The summed E-state index contributed by atoms with van der Waals surface area (Å²) in [6.45, 7) is 12.0. The van der Waals surface area contributed by atoms with Crippen molar-refractivity contribution in [1.29, 1.82) is 0 Å². The first-order chi connectivity index (χ1) is 8.41. The summed E-state index contributed by atoms with van der Waals surface area (Å²) in [6.07, 6.45) is 6.78. The van der Waals surface area contributed by atoms with E-state index < -0.39 is 0 Å². The Morgan fingerprint density at radius 2 is 1.50 bits per heavy atom. The molecule has 2 aliphatic rings. The average molecular weight is 252 g/mol. The molecule has 3 atom stereocenters. The molecule has 1 saturated heterocycles. The Labute approximate surface area is 113 Å². The second-order valence-corrected chi connectivity index (χ2v) is 7.55. The fraction of sp³-hybridized carbons (Fsp3) is 1.00. The highest BCUT2D eigenvalue weighted by atomic mass is 15.2. The molecule has 2 nitrogen and oxygen atoms in total. The van der Waals surface area contributed by atoms with E-state index in [4.69, 9.17) is 5.73 Å². The van der Waals surface area contributed by atoms with Gasteiger partial charge in [0, 0.05) is 11.6 Å². The first-order valence-corrected chi connectivity index (χ1v) is 7.92. The first-order valence-electron chi connectivity index (χ1n) is 7.92. The van der Waals surface area contributed by atoms with Crippen LogP contribution in [0.25, 0.3) is 0 Å². The summed E-state index contributed by atoms with van der Waals surface area (Å²) in [5, 5.41) is 0. The maximum atomic E-state index is 6.69. The van der Waals surface area contributed by atoms with Crippen LogP contribution < -0.4 is 5.73 Å². The summed E-state index contributed by atoms with van der Waals surface area (Å²) in [4.78, 5) is 2.63. The van der Waals surface area contributed by atoms with Gasteiger partial charge in [0.1, 0.15) is 0 Å². The Balaban J connectivity index is 2.02. The lowest BCUT2D eigenvalue weighted by atomic mass is 9.70. The van der Waals surface area contributed by atoms with E-state index in [-0.39, 0.29) is 5.54 Å². The monoisotopic (exact) mass is 252 g/mol. The predicted molar refractivity (Wildman–Crippen MR) is 78.5 cm³/mol. The second-order valence-electron chi connectivity index (χ2n) is 7.55. The number of likely N-dealkylation sites (tertiary alicyclic amines) is 1. The Kier molecular flexibility index (Phi) is 4.38. The van der Waals surface area contributed by atoms with E-state index in [1.54, 1.807) is 0 Å². The minimum Gasteiger partial charge on any atom is -0.326 e. The van der Waals surface area contributed by atoms with Crippen LogP contribution in [0.2, 0.25) is 0 Å². The summed E-state index contributed by atoms with van der Waals surface area (Å²) in [5.41, 5.74) is 6.87. The van der Waals surface area contributed by atoms with Gasteiger partial charge < -0.3 is 5.73 Å². The van der Waals surface area contributed by atoms with Gasteiger partial charge in [-0.25, -0.2) is 0 Å². The smallest absolute Gasteiger partial charge is 0.0306 e. The Morgan fingerprint density at radius 3 is 2.00 bits per heavy atom. The van der Waals surface area contributed by atoms with Crippen molar-refractivity contribution in [3.05, 3.63) is 0 Å². The minimum atomic E-state index is 0.179. The third kappa shape index (κ3) is 2.91. The highest BCUT2D eigenvalue weighted by Gasteiger charge is 2.40. The largest absolute Gasteiger partial charge is 0.326 e. The molecule has 0 aromatic carbocycles. The van der Waals surface area contributed by atoms with E-state index in [1.165, 1.54) is 45.2 Å². The molecule has 1 aliphatic carbocycles. The Morgan fingerprint density at radius 1 is 1.00 bits per heavy atom. The fourth-order valence-electron chi connectivity index (χ4n) is 4.38. The molecule has 1 aliphatic heterocycles. The molecule has 0 aromatic heterocycles. The fourth-order valence-corrected chi connectivity index (χ4v) is 4.38. The third-order valence-electron chi connectivity index (χ3n) is 5.46. The van der Waals surface area contributed by atoms with Crippen LogP contribution in [0.1, 0.15) is 59.8 Å². The van der Waals surface area contributed by atoms with Crippen molar-refractivity contribution in [3.63, 3.8) is 0 Å². The molecule has 106 valence electrons. The van der Waals surface area contributed by atoms with Gasteiger partial charge in [0.25, 0.3) is 0 Å². The maximum Gasteiger partial charge on any atom is 0.0306 e. The molecular weight excluding hydrogens is 220 g/mol. The summed E-state index contributed by atoms with van der Waals surface area (Å²) < 4.78 is 0. The summed E-state index contributed by atoms with van der Waals surface area (Å²) in [7, 11) is 0. The topological polar surface area (TPSA) is 29.3 Å². The summed E-state index contributed by atoms with van der Waals surface area (Å²) >= 11 is 0. The number of hydrogen-bond acceptors (Lipinski definition) is 2. The predicted octanol–water partition coefficient (Wildman–Crippen LogP) is 3.26. The summed E-state index contributed by atoms with van der Waals surface area (Å²) in [5.74, 6) is 2.44. The van der Waals surface area contributed by atoms with Gasteiger partial charge in [-0.3, -0.25) is 4.90 Å². The van der Waals surface area contributed by atoms with E-state index in [0.29, 0.717) is 6.04 Å². The van der Waals surface area contributed by atoms with Crippen molar-refractivity contribution >= 4 is 0 Å². The van der Waals surface area contributed by atoms with Crippen LogP contribution >= 0.6 is 0 Å². The van der Waals surface area contributed by atoms with Crippen molar-refractivity contribution in [2.24, 2.45) is 23.5 Å². The molecule has 2 fully saturated rings. The number of hydrogen-bond donors (Lipinski definition) is 1. The molecule has 0 spiro atoms.